The van der Waals surface area contributed by atoms with Crippen molar-refractivity contribution in [3.8, 4) is 0 Å². The van der Waals surface area contributed by atoms with Crippen LogP contribution < -0.4 is 10.6 Å². The number of benzene rings is 2. The van der Waals surface area contributed by atoms with Gasteiger partial charge in [0.2, 0.25) is 0 Å². The molecule has 2 rings (SSSR count). The summed E-state index contributed by atoms with van der Waals surface area (Å²) in [7, 11) is 1.52. The average Bonchev–Trinajstić information content (AvgIpc) is 2.68. The molecular weight excluding hydrogens is 384 g/mol. The van der Waals surface area contributed by atoms with E-state index in [1.165, 1.54) is 20.1 Å². The van der Waals surface area contributed by atoms with Crippen molar-refractivity contribution in [2.75, 3.05) is 25.6 Å². The summed E-state index contributed by atoms with van der Waals surface area (Å²) in [5.74, 6) is -1.56. The third-order valence-corrected chi connectivity index (χ3v) is 4.01. The monoisotopic (exact) mass is 404 g/mol. The molecule has 0 aromatic heterocycles. The fraction of sp³-hybridized carbons (Fsp3) is 0.250. The van der Waals surface area contributed by atoms with Gasteiger partial charge in [0, 0.05) is 24.2 Å². The third-order valence-electron chi connectivity index (χ3n) is 3.76. The largest absolute Gasteiger partial charge is 0.449 e. The van der Waals surface area contributed by atoms with Gasteiger partial charge in [0.05, 0.1) is 17.9 Å². The number of ether oxygens (including phenoxy) is 2. The second-order valence-corrected chi connectivity index (χ2v) is 6.27. The van der Waals surface area contributed by atoms with Crippen LogP contribution in [-0.2, 0) is 14.3 Å². The Morgan fingerprint density at radius 1 is 1.07 bits per heavy atom. The van der Waals surface area contributed by atoms with E-state index in [-0.39, 0.29) is 11.3 Å². The summed E-state index contributed by atoms with van der Waals surface area (Å²) in [5, 5.41) is 5.78. The second-order valence-electron chi connectivity index (χ2n) is 5.84. The number of carbonyl (C=O) groups is 3. The highest BCUT2D eigenvalue weighted by Crippen LogP contribution is 2.19. The van der Waals surface area contributed by atoms with Gasteiger partial charge in [-0.05, 0) is 43.3 Å². The minimum Gasteiger partial charge on any atom is -0.449 e. The van der Waals surface area contributed by atoms with Crippen LogP contribution in [0.2, 0.25) is 5.02 Å². The number of hydrogen-bond acceptors (Lipinski definition) is 5. The number of hydrogen-bond donors (Lipinski definition) is 2. The molecule has 8 heteroatoms. The van der Waals surface area contributed by atoms with Crippen molar-refractivity contribution in [2.45, 2.75) is 13.0 Å². The van der Waals surface area contributed by atoms with E-state index < -0.39 is 23.9 Å². The summed E-state index contributed by atoms with van der Waals surface area (Å²) in [6.07, 6.45) is -0.996. The lowest BCUT2D eigenvalue weighted by molar-refractivity contribution is -0.129. The molecule has 2 N–H and O–H groups in total. The van der Waals surface area contributed by atoms with Gasteiger partial charge in [-0.25, -0.2) is 4.79 Å². The molecule has 0 unspecified atom stereocenters. The van der Waals surface area contributed by atoms with Crippen molar-refractivity contribution >= 4 is 35.1 Å². The molecular formula is C20H21ClN2O5. The first-order chi connectivity index (χ1) is 13.4. The number of esters is 1. The Balaban J connectivity index is 2.06. The number of halogens is 1. The highest BCUT2D eigenvalue weighted by atomic mass is 35.5. The van der Waals surface area contributed by atoms with Gasteiger partial charge < -0.3 is 20.1 Å². The molecule has 0 aliphatic heterocycles. The summed E-state index contributed by atoms with van der Waals surface area (Å²) in [6.45, 7) is 2.13. The highest BCUT2D eigenvalue weighted by molar-refractivity contribution is 6.30. The van der Waals surface area contributed by atoms with Gasteiger partial charge >= 0.3 is 5.97 Å². The maximum atomic E-state index is 12.5. The molecule has 2 aromatic carbocycles. The van der Waals surface area contributed by atoms with Gasteiger partial charge in [-0.1, -0.05) is 23.7 Å². The molecule has 7 nitrogen and oxygen atoms in total. The summed E-state index contributed by atoms with van der Waals surface area (Å²) in [6, 6.07) is 12.7. The Morgan fingerprint density at radius 2 is 1.75 bits per heavy atom. The van der Waals surface area contributed by atoms with Crippen LogP contribution in [0, 0.1) is 0 Å². The predicted octanol–water partition coefficient (Wildman–Crippen LogP) is 2.90. The zero-order valence-electron chi connectivity index (χ0n) is 15.5. The standard InChI is InChI=1S/C20H21ClN2O5/c1-13(18(24)22-11-12-27-2)28-20(26)16-5-3-4-6-17(16)23-19(25)14-7-9-15(21)10-8-14/h3-10,13H,11-12H2,1-2H3,(H,22,24)(H,23,25)/t13-/m1/s1. The lowest BCUT2D eigenvalue weighted by Gasteiger charge is -2.15. The predicted molar refractivity (Wildman–Crippen MR) is 106 cm³/mol. The van der Waals surface area contributed by atoms with E-state index >= 15 is 0 Å². The van der Waals surface area contributed by atoms with Crippen molar-refractivity contribution in [3.05, 3.63) is 64.7 Å². The molecule has 28 heavy (non-hydrogen) atoms. The molecule has 1 atom stereocenters. The van der Waals surface area contributed by atoms with Crippen LogP contribution in [-0.4, -0.2) is 44.1 Å². The first-order valence-corrected chi connectivity index (χ1v) is 8.93. The molecule has 0 saturated carbocycles. The maximum Gasteiger partial charge on any atom is 0.341 e. The van der Waals surface area contributed by atoms with Crippen LogP contribution in [0.4, 0.5) is 5.69 Å². The SMILES string of the molecule is COCCNC(=O)[C@@H](C)OC(=O)c1ccccc1NC(=O)c1ccc(Cl)cc1. The van der Waals surface area contributed by atoms with E-state index in [0.717, 1.165) is 0 Å². The number of carbonyl (C=O) groups excluding carboxylic acids is 3. The van der Waals surface area contributed by atoms with E-state index in [4.69, 9.17) is 21.1 Å². The quantitative estimate of drug-likeness (QED) is 0.521. The number of anilines is 1. The van der Waals surface area contributed by atoms with Crippen LogP contribution in [0.25, 0.3) is 0 Å². The summed E-state index contributed by atoms with van der Waals surface area (Å²) < 4.78 is 10.1. The Morgan fingerprint density at radius 3 is 2.43 bits per heavy atom. The molecule has 2 aromatic rings. The average molecular weight is 405 g/mol. The smallest absolute Gasteiger partial charge is 0.341 e. The number of rotatable bonds is 8. The lowest BCUT2D eigenvalue weighted by Crippen LogP contribution is -2.37. The van der Waals surface area contributed by atoms with Crippen LogP contribution in [0.5, 0.6) is 0 Å². The van der Waals surface area contributed by atoms with Gasteiger partial charge in [-0.3, -0.25) is 9.59 Å². The van der Waals surface area contributed by atoms with Gasteiger partial charge in [0.15, 0.2) is 6.10 Å². The fourth-order valence-electron chi connectivity index (χ4n) is 2.26. The molecule has 0 spiro atoms. The maximum absolute atomic E-state index is 12.5. The Labute approximate surface area is 168 Å². The minimum atomic E-state index is -0.996. The van der Waals surface area contributed by atoms with Crippen molar-refractivity contribution in [3.63, 3.8) is 0 Å². The molecule has 2 amide bonds. The molecule has 0 heterocycles. The number of para-hydroxylation sites is 1. The van der Waals surface area contributed by atoms with Crippen molar-refractivity contribution < 1.29 is 23.9 Å². The van der Waals surface area contributed by atoms with E-state index in [2.05, 4.69) is 10.6 Å². The van der Waals surface area contributed by atoms with E-state index in [1.54, 1.807) is 42.5 Å². The molecule has 148 valence electrons. The van der Waals surface area contributed by atoms with Gasteiger partial charge in [-0.15, -0.1) is 0 Å². The Hall–Kier alpha value is -2.90. The first kappa shape index (κ1) is 21.4. The lowest BCUT2D eigenvalue weighted by atomic mass is 10.1. The van der Waals surface area contributed by atoms with E-state index in [0.29, 0.717) is 23.7 Å². The summed E-state index contributed by atoms with van der Waals surface area (Å²) >= 11 is 5.82. The van der Waals surface area contributed by atoms with E-state index in [9.17, 15) is 14.4 Å². The number of amides is 2. The van der Waals surface area contributed by atoms with E-state index in [1.807, 2.05) is 0 Å². The van der Waals surface area contributed by atoms with Crippen LogP contribution >= 0.6 is 11.6 Å². The molecule has 0 saturated heterocycles. The number of nitrogens with one attached hydrogen (secondary N) is 2. The van der Waals surface area contributed by atoms with Crippen molar-refractivity contribution in [2.24, 2.45) is 0 Å². The molecule has 0 aliphatic rings. The van der Waals surface area contributed by atoms with Crippen LogP contribution in [0.3, 0.4) is 0 Å². The topological polar surface area (TPSA) is 93.7 Å². The zero-order chi connectivity index (χ0) is 20.5. The summed E-state index contributed by atoms with van der Waals surface area (Å²) in [4.78, 5) is 36.8. The van der Waals surface area contributed by atoms with Gasteiger partial charge in [0.25, 0.3) is 11.8 Å². The first-order valence-electron chi connectivity index (χ1n) is 8.56. The molecule has 0 aliphatic carbocycles. The van der Waals surface area contributed by atoms with Gasteiger partial charge in [0.1, 0.15) is 0 Å². The third kappa shape index (κ3) is 6.07. The fourth-order valence-corrected chi connectivity index (χ4v) is 2.39. The molecule has 0 bridgehead atoms. The second kappa shape index (κ2) is 10.4. The Kier molecular flexibility index (Phi) is 7.98. The van der Waals surface area contributed by atoms with Crippen LogP contribution in [0.15, 0.2) is 48.5 Å². The molecule has 0 fully saturated rings. The highest BCUT2D eigenvalue weighted by Gasteiger charge is 2.21. The van der Waals surface area contributed by atoms with Gasteiger partial charge in [-0.2, -0.15) is 0 Å². The van der Waals surface area contributed by atoms with Crippen LogP contribution in [0.1, 0.15) is 27.6 Å². The zero-order valence-corrected chi connectivity index (χ0v) is 16.3. The number of methoxy groups -OCH3 is 1. The Bertz CT molecular complexity index is 839. The molecule has 0 radical (unpaired) electrons. The minimum absolute atomic E-state index is 0.140. The van der Waals surface area contributed by atoms with Crippen molar-refractivity contribution in [1.29, 1.82) is 0 Å². The normalized spacial score (nSPS) is 11.4. The summed E-state index contributed by atoms with van der Waals surface area (Å²) in [5.41, 5.74) is 0.805. The van der Waals surface area contributed by atoms with Crippen molar-refractivity contribution in [1.82, 2.24) is 5.32 Å².